The Hall–Kier alpha value is -2.51. The standard InChI is InChI=1S/C19H16N4OS2/c1-10-5-6-13-15(8-10)26-19(20-13)23-18-17(11(2)22-23)12(9-16(24)21-18)14-4-3-7-25-14/h3-8,12H,9H2,1-2H3,(H,21,24)/t12-/m1/s1. The summed E-state index contributed by atoms with van der Waals surface area (Å²) in [6.07, 6.45) is 0.457. The Morgan fingerprint density at radius 1 is 1.27 bits per heavy atom. The fourth-order valence-electron chi connectivity index (χ4n) is 3.53. The molecule has 1 atom stereocenters. The maximum absolute atomic E-state index is 12.4. The highest BCUT2D eigenvalue weighted by molar-refractivity contribution is 7.20. The lowest BCUT2D eigenvalue weighted by atomic mass is 9.91. The molecule has 1 aromatic carbocycles. The van der Waals surface area contributed by atoms with E-state index >= 15 is 0 Å². The van der Waals surface area contributed by atoms with Crippen LogP contribution in [0.1, 0.15) is 34.0 Å². The SMILES string of the molecule is Cc1ccc2nc(-n3nc(C)c4c3NC(=O)C[C@@H]4c3cccs3)sc2c1. The fraction of sp³-hybridized carbons (Fsp3) is 0.211. The molecule has 0 fully saturated rings. The van der Waals surface area contributed by atoms with Crippen LogP contribution in [0.15, 0.2) is 35.7 Å². The number of aryl methyl sites for hydroxylation is 2. The van der Waals surface area contributed by atoms with Gasteiger partial charge in [-0.15, -0.1) is 11.3 Å². The predicted octanol–water partition coefficient (Wildman–Crippen LogP) is 4.63. The van der Waals surface area contributed by atoms with Crippen LogP contribution in [0.3, 0.4) is 0 Å². The Bertz CT molecular complexity index is 1140. The molecule has 0 radical (unpaired) electrons. The number of fused-ring (bicyclic) bond motifs is 2. The minimum atomic E-state index is 0.0222. The number of carbonyl (C=O) groups is 1. The molecular weight excluding hydrogens is 364 g/mol. The zero-order valence-corrected chi connectivity index (χ0v) is 15.9. The average Bonchev–Trinajstić information content (AvgIpc) is 3.32. The number of hydrogen-bond donors (Lipinski definition) is 1. The average molecular weight is 380 g/mol. The lowest BCUT2D eigenvalue weighted by Gasteiger charge is -2.22. The van der Waals surface area contributed by atoms with Crippen LogP contribution in [-0.2, 0) is 4.79 Å². The molecule has 1 amide bonds. The molecule has 4 aromatic rings. The van der Waals surface area contributed by atoms with Gasteiger partial charge in [0.25, 0.3) is 0 Å². The van der Waals surface area contributed by atoms with Crippen LogP contribution in [-0.4, -0.2) is 20.7 Å². The van der Waals surface area contributed by atoms with E-state index in [9.17, 15) is 4.79 Å². The first-order valence-corrected chi connectivity index (χ1v) is 10.1. The van der Waals surface area contributed by atoms with Gasteiger partial charge in [-0.3, -0.25) is 4.79 Å². The van der Waals surface area contributed by atoms with Gasteiger partial charge < -0.3 is 5.32 Å². The van der Waals surface area contributed by atoms with Crippen LogP contribution in [0, 0.1) is 13.8 Å². The quantitative estimate of drug-likeness (QED) is 0.551. The van der Waals surface area contributed by atoms with E-state index in [1.165, 1.54) is 10.4 Å². The van der Waals surface area contributed by atoms with Gasteiger partial charge in [0.15, 0.2) is 0 Å². The Balaban J connectivity index is 1.69. The normalized spacial score (nSPS) is 16.7. The van der Waals surface area contributed by atoms with Crippen LogP contribution in [0.5, 0.6) is 0 Å². The van der Waals surface area contributed by atoms with E-state index in [2.05, 4.69) is 35.8 Å². The summed E-state index contributed by atoms with van der Waals surface area (Å²) in [7, 11) is 0. The Morgan fingerprint density at radius 2 is 2.15 bits per heavy atom. The molecule has 5 nitrogen and oxygen atoms in total. The summed E-state index contributed by atoms with van der Waals surface area (Å²) in [5.74, 6) is 0.839. The first-order chi connectivity index (χ1) is 12.6. The van der Waals surface area contributed by atoms with Crippen molar-refractivity contribution in [2.45, 2.75) is 26.2 Å². The summed E-state index contributed by atoms with van der Waals surface area (Å²) in [6.45, 7) is 4.08. The molecule has 0 spiro atoms. The van der Waals surface area contributed by atoms with Crippen LogP contribution in [0.25, 0.3) is 15.3 Å². The number of amides is 1. The van der Waals surface area contributed by atoms with Crippen molar-refractivity contribution >= 4 is 44.6 Å². The van der Waals surface area contributed by atoms with E-state index in [0.717, 1.165) is 32.4 Å². The second-order valence-corrected chi connectivity index (χ2v) is 8.54. The fourth-order valence-corrected chi connectivity index (χ4v) is 5.39. The Morgan fingerprint density at radius 3 is 2.96 bits per heavy atom. The monoisotopic (exact) mass is 380 g/mol. The number of anilines is 1. The van der Waals surface area contributed by atoms with Gasteiger partial charge in [-0.1, -0.05) is 23.5 Å². The smallest absolute Gasteiger partial charge is 0.226 e. The van der Waals surface area contributed by atoms with Crippen molar-refractivity contribution in [2.24, 2.45) is 0 Å². The molecule has 0 aliphatic carbocycles. The highest BCUT2D eigenvalue weighted by Crippen LogP contribution is 2.42. The van der Waals surface area contributed by atoms with E-state index in [4.69, 9.17) is 10.1 Å². The largest absolute Gasteiger partial charge is 0.310 e. The first kappa shape index (κ1) is 15.7. The molecule has 130 valence electrons. The summed E-state index contributed by atoms with van der Waals surface area (Å²) in [4.78, 5) is 18.3. The number of carbonyl (C=O) groups excluding carboxylic acids is 1. The molecule has 0 saturated carbocycles. The number of hydrogen-bond acceptors (Lipinski definition) is 5. The maximum Gasteiger partial charge on any atom is 0.226 e. The molecule has 1 N–H and O–H groups in total. The van der Waals surface area contributed by atoms with Gasteiger partial charge in [-0.05, 0) is 43.0 Å². The third-order valence-corrected chi connectivity index (χ3v) is 6.68. The minimum absolute atomic E-state index is 0.0222. The van der Waals surface area contributed by atoms with Crippen LogP contribution < -0.4 is 5.32 Å². The van der Waals surface area contributed by atoms with Gasteiger partial charge in [-0.25, -0.2) is 4.98 Å². The zero-order valence-electron chi connectivity index (χ0n) is 14.3. The molecule has 1 aliphatic heterocycles. The summed E-state index contributed by atoms with van der Waals surface area (Å²) < 4.78 is 2.92. The van der Waals surface area contributed by atoms with E-state index < -0.39 is 0 Å². The third-order valence-electron chi connectivity index (χ3n) is 4.70. The van der Waals surface area contributed by atoms with Crippen molar-refractivity contribution in [1.82, 2.24) is 14.8 Å². The van der Waals surface area contributed by atoms with E-state index in [1.54, 1.807) is 27.4 Å². The highest BCUT2D eigenvalue weighted by Gasteiger charge is 2.33. The second kappa shape index (κ2) is 5.75. The van der Waals surface area contributed by atoms with Crippen LogP contribution in [0.4, 0.5) is 5.82 Å². The lowest BCUT2D eigenvalue weighted by molar-refractivity contribution is -0.116. The highest BCUT2D eigenvalue weighted by atomic mass is 32.1. The molecule has 3 aromatic heterocycles. The van der Waals surface area contributed by atoms with Crippen LogP contribution in [0.2, 0.25) is 0 Å². The molecule has 5 rings (SSSR count). The summed E-state index contributed by atoms with van der Waals surface area (Å²) >= 11 is 3.28. The number of thiophene rings is 1. The van der Waals surface area contributed by atoms with Crippen molar-refractivity contribution < 1.29 is 4.79 Å². The van der Waals surface area contributed by atoms with Crippen LogP contribution >= 0.6 is 22.7 Å². The third kappa shape index (κ3) is 2.39. The molecule has 1 aliphatic rings. The predicted molar refractivity (Wildman–Crippen MR) is 106 cm³/mol. The summed E-state index contributed by atoms with van der Waals surface area (Å²) in [6, 6.07) is 10.3. The minimum Gasteiger partial charge on any atom is -0.310 e. The van der Waals surface area contributed by atoms with Gasteiger partial charge in [0.2, 0.25) is 11.0 Å². The number of rotatable bonds is 2. The van der Waals surface area contributed by atoms with Gasteiger partial charge in [-0.2, -0.15) is 9.78 Å². The second-order valence-electron chi connectivity index (χ2n) is 6.55. The zero-order chi connectivity index (χ0) is 17.8. The van der Waals surface area contributed by atoms with Crippen molar-refractivity contribution in [3.05, 3.63) is 57.4 Å². The number of benzene rings is 1. The van der Waals surface area contributed by atoms with Gasteiger partial charge in [0, 0.05) is 22.8 Å². The van der Waals surface area contributed by atoms with Gasteiger partial charge >= 0.3 is 0 Å². The summed E-state index contributed by atoms with van der Waals surface area (Å²) in [5, 5.41) is 10.6. The van der Waals surface area contributed by atoms with Crippen molar-refractivity contribution in [2.75, 3.05) is 5.32 Å². The number of nitrogens with one attached hydrogen (secondary N) is 1. The lowest BCUT2D eigenvalue weighted by Crippen LogP contribution is -2.24. The number of aromatic nitrogens is 3. The van der Waals surface area contributed by atoms with E-state index in [1.807, 2.05) is 19.1 Å². The van der Waals surface area contributed by atoms with Gasteiger partial charge in [0.1, 0.15) is 5.82 Å². The number of nitrogens with zero attached hydrogens (tertiary/aromatic N) is 3. The van der Waals surface area contributed by atoms with Crippen molar-refractivity contribution in [3.8, 4) is 5.13 Å². The first-order valence-electron chi connectivity index (χ1n) is 8.40. The molecule has 7 heteroatoms. The molecule has 4 heterocycles. The van der Waals surface area contributed by atoms with E-state index in [-0.39, 0.29) is 11.8 Å². The molecule has 0 unspecified atom stereocenters. The maximum atomic E-state index is 12.4. The number of thiazole rings is 1. The van der Waals surface area contributed by atoms with E-state index in [0.29, 0.717) is 6.42 Å². The van der Waals surface area contributed by atoms with Crippen molar-refractivity contribution in [1.29, 1.82) is 0 Å². The Kier molecular flexibility index (Phi) is 3.48. The van der Waals surface area contributed by atoms with Crippen molar-refractivity contribution in [3.63, 3.8) is 0 Å². The van der Waals surface area contributed by atoms with Gasteiger partial charge in [0.05, 0.1) is 15.9 Å². The Labute approximate surface area is 158 Å². The topological polar surface area (TPSA) is 59.8 Å². The molecule has 26 heavy (non-hydrogen) atoms. The summed E-state index contributed by atoms with van der Waals surface area (Å²) in [5.41, 5.74) is 4.20. The molecule has 0 saturated heterocycles. The molecule has 0 bridgehead atoms. The molecular formula is C19H16N4OS2.